The lowest BCUT2D eigenvalue weighted by molar-refractivity contribution is -0.255. The summed E-state index contributed by atoms with van der Waals surface area (Å²) in [5.74, 6) is -1.87. The van der Waals surface area contributed by atoms with Crippen molar-refractivity contribution in [3.63, 3.8) is 0 Å². The highest BCUT2D eigenvalue weighted by molar-refractivity contribution is 6.14. The van der Waals surface area contributed by atoms with Crippen LogP contribution in [0.5, 0.6) is 0 Å². The topological polar surface area (TPSA) is 93.0 Å². The van der Waals surface area contributed by atoms with Crippen molar-refractivity contribution in [1.29, 1.82) is 5.26 Å². The van der Waals surface area contributed by atoms with E-state index in [1.165, 1.54) is 24.3 Å². The van der Waals surface area contributed by atoms with Crippen LogP contribution in [0.4, 0.5) is 5.69 Å². The van der Waals surface area contributed by atoms with Gasteiger partial charge in [0.05, 0.1) is 5.97 Å². The number of fused-ring (bicyclic) bond motifs is 2. The highest BCUT2D eigenvalue weighted by Gasteiger charge is 2.13. The van der Waals surface area contributed by atoms with Crippen molar-refractivity contribution >= 4 is 45.2 Å². The van der Waals surface area contributed by atoms with Crippen LogP contribution in [-0.4, -0.2) is 11.9 Å². The minimum atomic E-state index is -1.30. The lowest BCUT2D eigenvalue weighted by Crippen LogP contribution is -2.22. The maximum Gasteiger partial charge on any atom is 0.266 e. The predicted molar refractivity (Wildman–Crippen MR) is 114 cm³/mol. The Bertz CT molecular complexity index is 1310. The number of anilines is 1. The molecular formula is C25H15N2O3-. The molecule has 144 valence electrons. The minimum Gasteiger partial charge on any atom is -0.545 e. The summed E-state index contributed by atoms with van der Waals surface area (Å²) in [6, 6.07) is 25.2. The first kappa shape index (κ1) is 18.9. The molecule has 0 bridgehead atoms. The van der Waals surface area contributed by atoms with Crippen molar-refractivity contribution in [3.05, 3.63) is 95.6 Å². The quantitative estimate of drug-likeness (QED) is 0.324. The monoisotopic (exact) mass is 391 g/mol. The molecule has 0 unspecified atom stereocenters. The smallest absolute Gasteiger partial charge is 0.266 e. The lowest BCUT2D eigenvalue weighted by atomic mass is 9.95. The molecule has 0 aliphatic carbocycles. The first-order valence-electron chi connectivity index (χ1n) is 9.22. The van der Waals surface area contributed by atoms with E-state index in [0.29, 0.717) is 5.69 Å². The number of hydrogen-bond acceptors (Lipinski definition) is 4. The van der Waals surface area contributed by atoms with Crippen LogP contribution < -0.4 is 10.4 Å². The van der Waals surface area contributed by atoms with Crippen molar-refractivity contribution in [1.82, 2.24) is 0 Å². The second kappa shape index (κ2) is 7.90. The van der Waals surface area contributed by atoms with Crippen LogP contribution in [-0.2, 0) is 4.79 Å². The van der Waals surface area contributed by atoms with Crippen LogP contribution in [0.2, 0.25) is 0 Å². The van der Waals surface area contributed by atoms with Crippen molar-refractivity contribution in [2.45, 2.75) is 0 Å². The molecule has 4 aromatic rings. The Kier molecular flexibility index (Phi) is 4.98. The number of carboxylic acids is 1. The molecule has 1 N–H and O–H groups in total. The fourth-order valence-corrected chi connectivity index (χ4v) is 3.39. The molecule has 30 heavy (non-hydrogen) atoms. The number of nitrogens with zero attached hydrogens (tertiary/aromatic N) is 1. The standard InChI is InChI=1S/C25H16N2O3/c26-15-19(24(28)27-20-11-9-16(10-12-20)25(29)30)14-23-21-7-3-1-5-17(21)13-18-6-2-4-8-22(18)23/h1-14H,(H,27,28)(H,29,30)/p-1/b19-14+. The molecule has 0 radical (unpaired) electrons. The summed E-state index contributed by atoms with van der Waals surface area (Å²) in [5.41, 5.74) is 1.13. The SMILES string of the molecule is N#C/C(=C\c1c2ccccc2cc2ccccc12)C(=O)Nc1ccc(C(=O)[O-])cc1. The number of carbonyl (C=O) groups excluding carboxylic acids is 2. The zero-order valence-corrected chi connectivity index (χ0v) is 15.8. The van der Waals surface area contributed by atoms with Crippen LogP contribution >= 0.6 is 0 Å². The number of aromatic carboxylic acids is 1. The number of nitriles is 1. The van der Waals surface area contributed by atoms with Crippen molar-refractivity contribution in [2.75, 3.05) is 5.32 Å². The summed E-state index contributed by atoms with van der Waals surface area (Å²) in [4.78, 5) is 23.6. The van der Waals surface area contributed by atoms with Gasteiger partial charge in [0.1, 0.15) is 11.6 Å². The van der Waals surface area contributed by atoms with Gasteiger partial charge in [0.25, 0.3) is 5.91 Å². The molecule has 0 fully saturated rings. The molecule has 1 amide bonds. The van der Waals surface area contributed by atoms with Gasteiger partial charge >= 0.3 is 0 Å². The van der Waals surface area contributed by atoms with Crippen molar-refractivity contribution in [3.8, 4) is 6.07 Å². The number of rotatable bonds is 4. The van der Waals surface area contributed by atoms with E-state index in [1.807, 2.05) is 54.6 Å². The van der Waals surface area contributed by atoms with Crippen LogP contribution in [0.1, 0.15) is 15.9 Å². The summed E-state index contributed by atoms with van der Waals surface area (Å²) in [6.45, 7) is 0. The first-order chi connectivity index (χ1) is 14.6. The highest BCUT2D eigenvalue weighted by Crippen LogP contribution is 2.30. The van der Waals surface area contributed by atoms with Gasteiger partial charge in [0, 0.05) is 5.69 Å². The Morgan fingerprint density at radius 2 is 1.43 bits per heavy atom. The van der Waals surface area contributed by atoms with Crippen LogP contribution in [0, 0.1) is 11.3 Å². The van der Waals surface area contributed by atoms with Gasteiger partial charge < -0.3 is 15.2 Å². The molecule has 0 spiro atoms. The first-order valence-corrected chi connectivity index (χ1v) is 9.22. The minimum absolute atomic E-state index is 0.00581. The molecule has 4 aromatic carbocycles. The van der Waals surface area contributed by atoms with Gasteiger partial charge in [-0.1, -0.05) is 60.7 Å². The van der Waals surface area contributed by atoms with Gasteiger partial charge in [-0.25, -0.2) is 0 Å². The number of carbonyl (C=O) groups is 2. The summed E-state index contributed by atoms with van der Waals surface area (Å²) < 4.78 is 0. The molecule has 0 aromatic heterocycles. The number of carboxylic acid groups (broad SMARTS) is 1. The Morgan fingerprint density at radius 3 is 1.97 bits per heavy atom. The zero-order chi connectivity index (χ0) is 21.1. The third-order valence-electron chi connectivity index (χ3n) is 4.85. The zero-order valence-electron chi connectivity index (χ0n) is 15.8. The molecule has 0 aliphatic heterocycles. The van der Waals surface area contributed by atoms with Gasteiger partial charge in [0.2, 0.25) is 0 Å². The Balaban J connectivity index is 1.76. The van der Waals surface area contributed by atoms with Gasteiger partial charge in [-0.15, -0.1) is 0 Å². The van der Waals surface area contributed by atoms with Gasteiger partial charge in [-0.05, 0) is 56.9 Å². The molecule has 5 heteroatoms. The van der Waals surface area contributed by atoms with Crippen LogP contribution in [0.3, 0.4) is 0 Å². The number of nitrogens with one attached hydrogen (secondary N) is 1. The van der Waals surface area contributed by atoms with E-state index < -0.39 is 11.9 Å². The second-order valence-electron chi connectivity index (χ2n) is 6.72. The molecular weight excluding hydrogens is 376 g/mol. The van der Waals surface area contributed by atoms with Crippen LogP contribution in [0.15, 0.2) is 84.4 Å². The van der Waals surface area contributed by atoms with E-state index in [1.54, 1.807) is 6.08 Å². The summed E-state index contributed by atoms with van der Waals surface area (Å²) in [5, 5.41) is 27.0. The number of benzene rings is 4. The predicted octanol–water partition coefficient (Wildman–Crippen LogP) is 3.90. The Hall–Kier alpha value is -4.43. The van der Waals surface area contributed by atoms with E-state index in [0.717, 1.165) is 27.1 Å². The summed E-state index contributed by atoms with van der Waals surface area (Å²) in [7, 11) is 0. The van der Waals surface area contributed by atoms with Gasteiger partial charge in [-0.2, -0.15) is 5.26 Å². The Morgan fingerprint density at radius 1 is 0.867 bits per heavy atom. The summed E-state index contributed by atoms with van der Waals surface area (Å²) in [6.07, 6.45) is 1.59. The molecule has 0 saturated carbocycles. The largest absolute Gasteiger partial charge is 0.545 e. The van der Waals surface area contributed by atoms with E-state index in [9.17, 15) is 20.0 Å². The molecule has 0 heterocycles. The van der Waals surface area contributed by atoms with E-state index in [-0.39, 0.29) is 11.1 Å². The summed E-state index contributed by atoms with van der Waals surface area (Å²) >= 11 is 0. The molecule has 0 atom stereocenters. The van der Waals surface area contributed by atoms with Crippen LogP contribution in [0.25, 0.3) is 27.6 Å². The average Bonchev–Trinajstić information content (AvgIpc) is 2.77. The maximum atomic E-state index is 12.7. The fraction of sp³-hybridized carbons (Fsp3) is 0. The second-order valence-corrected chi connectivity index (χ2v) is 6.72. The average molecular weight is 391 g/mol. The third-order valence-corrected chi connectivity index (χ3v) is 4.85. The number of amides is 1. The van der Waals surface area contributed by atoms with E-state index >= 15 is 0 Å². The Labute approximate surface area is 172 Å². The van der Waals surface area contributed by atoms with E-state index in [4.69, 9.17) is 0 Å². The van der Waals surface area contributed by atoms with Crippen molar-refractivity contribution < 1.29 is 14.7 Å². The number of hydrogen-bond donors (Lipinski definition) is 1. The molecule has 4 rings (SSSR count). The third kappa shape index (κ3) is 3.62. The van der Waals surface area contributed by atoms with Gasteiger partial charge in [0.15, 0.2) is 0 Å². The van der Waals surface area contributed by atoms with Crippen molar-refractivity contribution in [2.24, 2.45) is 0 Å². The normalized spacial score (nSPS) is 11.2. The highest BCUT2D eigenvalue weighted by atomic mass is 16.4. The molecule has 5 nitrogen and oxygen atoms in total. The molecule has 0 saturated heterocycles. The fourth-order valence-electron chi connectivity index (χ4n) is 3.39. The van der Waals surface area contributed by atoms with E-state index in [2.05, 4.69) is 11.4 Å². The molecule has 0 aliphatic rings. The lowest BCUT2D eigenvalue weighted by Gasteiger charge is -2.10. The van der Waals surface area contributed by atoms with Gasteiger partial charge in [-0.3, -0.25) is 4.79 Å². The maximum absolute atomic E-state index is 12.7.